The molecule has 1 aromatic carbocycles. The molecular formula is C20H22BrN3O3S2. The summed E-state index contributed by atoms with van der Waals surface area (Å²) in [6.45, 7) is 6.68. The van der Waals surface area contributed by atoms with Crippen molar-refractivity contribution in [3.63, 3.8) is 0 Å². The topological polar surface area (TPSA) is 54.9 Å². The number of hydrogen-bond acceptors (Lipinski definition) is 7. The minimum absolute atomic E-state index is 0.0235. The maximum absolute atomic E-state index is 13.4. The van der Waals surface area contributed by atoms with E-state index in [1.807, 2.05) is 24.3 Å². The molecule has 4 rings (SSSR count). The van der Waals surface area contributed by atoms with Crippen molar-refractivity contribution in [3.05, 3.63) is 38.5 Å². The van der Waals surface area contributed by atoms with Crippen LogP contribution in [-0.4, -0.2) is 62.3 Å². The molecule has 2 aromatic heterocycles. The third kappa shape index (κ3) is 4.49. The van der Waals surface area contributed by atoms with Gasteiger partial charge in [-0.1, -0.05) is 17.4 Å². The monoisotopic (exact) mass is 495 g/mol. The number of thiazole rings is 1. The van der Waals surface area contributed by atoms with E-state index in [4.69, 9.17) is 14.5 Å². The van der Waals surface area contributed by atoms with Crippen LogP contribution < -0.4 is 9.64 Å². The number of fused-ring (bicyclic) bond motifs is 1. The number of halogens is 1. The molecule has 6 nitrogen and oxygen atoms in total. The van der Waals surface area contributed by atoms with Crippen molar-refractivity contribution >= 4 is 59.9 Å². The number of thiophene rings is 1. The van der Waals surface area contributed by atoms with E-state index in [-0.39, 0.29) is 5.91 Å². The number of carbonyl (C=O) groups is 1. The van der Waals surface area contributed by atoms with Gasteiger partial charge in [0.05, 0.1) is 33.7 Å². The van der Waals surface area contributed by atoms with Gasteiger partial charge in [-0.3, -0.25) is 14.6 Å². The SMILES string of the molecule is COc1ccc(C)c2sc(N(CCN3CCOCC3)C(=O)c3ccc(Br)s3)nc12. The lowest BCUT2D eigenvalue weighted by molar-refractivity contribution is 0.0391. The Morgan fingerprint density at radius 3 is 2.76 bits per heavy atom. The molecule has 0 atom stereocenters. The standard InChI is InChI=1S/C20H22BrN3O3S2/c1-13-3-4-14(26-2)17-18(13)29-20(22-17)24(8-7-23-9-11-27-12-10-23)19(25)15-5-6-16(21)28-15/h3-6H,7-12H2,1-2H3. The lowest BCUT2D eigenvalue weighted by atomic mass is 10.2. The van der Waals surface area contributed by atoms with Crippen molar-refractivity contribution in [2.45, 2.75) is 6.92 Å². The second-order valence-electron chi connectivity index (χ2n) is 6.77. The van der Waals surface area contributed by atoms with Crippen LogP contribution in [0.4, 0.5) is 5.13 Å². The van der Waals surface area contributed by atoms with Crippen LogP contribution in [0.15, 0.2) is 28.1 Å². The Bertz CT molecular complexity index is 1010. The first-order valence-electron chi connectivity index (χ1n) is 9.38. The minimum atomic E-state index is -0.0235. The molecular weight excluding hydrogens is 474 g/mol. The average Bonchev–Trinajstić information content (AvgIpc) is 3.36. The number of benzene rings is 1. The van der Waals surface area contributed by atoms with E-state index in [0.29, 0.717) is 16.6 Å². The van der Waals surface area contributed by atoms with Crippen LogP contribution in [0.25, 0.3) is 10.2 Å². The largest absolute Gasteiger partial charge is 0.494 e. The number of rotatable bonds is 6. The van der Waals surface area contributed by atoms with Gasteiger partial charge in [-0.2, -0.15) is 0 Å². The van der Waals surface area contributed by atoms with Gasteiger partial charge in [0.25, 0.3) is 5.91 Å². The zero-order valence-corrected chi connectivity index (χ0v) is 19.5. The van der Waals surface area contributed by atoms with Crippen molar-refractivity contribution in [3.8, 4) is 5.75 Å². The van der Waals surface area contributed by atoms with Crippen molar-refractivity contribution in [1.82, 2.24) is 9.88 Å². The zero-order valence-electron chi connectivity index (χ0n) is 16.3. The number of aryl methyl sites for hydroxylation is 1. The molecule has 3 aromatic rings. The molecule has 9 heteroatoms. The van der Waals surface area contributed by atoms with E-state index in [0.717, 1.165) is 58.2 Å². The normalized spacial score (nSPS) is 15.0. The van der Waals surface area contributed by atoms with Gasteiger partial charge in [-0.05, 0) is 46.6 Å². The number of aromatic nitrogens is 1. The van der Waals surface area contributed by atoms with Gasteiger partial charge in [0.1, 0.15) is 11.3 Å². The predicted octanol–water partition coefficient (Wildman–Crippen LogP) is 4.42. The van der Waals surface area contributed by atoms with Crippen LogP contribution in [0.1, 0.15) is 15.2 Å². The highest BCUT2D eigenvalue weighted by atomic mass is 79.9. The molecule has 1 aliphatic rings. The molecule has 0 unspecified atom stereocenters. The fourth-order valence-corrected chi connectivity index (χ4v) is 5.70. The maximum Gasteiger partial charge on any atom is 0.270 e. The smallest absolute Gasteiger partial charge is 0.270 e. The maximum atomic E-state index is 13.4. The summed E-state index contributed by atoms with van der Waals surface area (Å²) in [4.78, 5) is 23.0. The fraction of sp³-hybridized carbons (Fsp3) is 0.400. The van der Waals surface area contributed by atoms with Gasteiger partial charge in [0.2, 0.25) is 0 Å². The second-order valence-corrected chi connectivity index (χ2v) is 10.2. The molecule has 0 saturated carbocycles. The number of hydrogen-bond donors (Lipinski definition) is 0. The fourth-order valence-electron chi connectivity index (χ4n) is 3.29. The average molecular weight is 496 g/mol. The summed E-state index contributed by atoms with van der Waals surface area (Å²) < 4.78 is 12.9. The molecule has 0 bridgehead atoms. The first kappa shape index (κ1) is 20.7. The predicted molar refractivity (Wildman–Crippen MR) is 122 cm³/mol. The summed E-state index contributed by atoms with van der Waals surface area (Å²) in [6.07, 6.45) is 0. The molecule has 0 N–H and O–H groups in total. The lowest BCUT2D eigenvalue weighted by Gasteiger charge is -2.29. The Kier molecular flexibility index (Phi) is 6.50. The van der Waals surface area contributed by atoms with E-state index in [9.17, 15) is 4.79 Å². The Morgan fingerprint density at radius 2 is 2.07 bits per heavy atom. The quantitative estimate of drug-likeness (QED) is 0.506. The third-order valence-corrected chi connectivity index (χ3v) is 7.74. The molecule has 1 amide bonds. The van der Waals surface area contributed by atoms with E-state index >= 15 is 0 Å². The van der Waals surface area contributed by atoms with E-state index in [1.165, 1.54) is 11.3 Å². The number of carbonyl (C=O) groups excluding carboxylic acids is 1. The van der Waals surface area contributed by atoms with Gasteiger partial charge in [0, 0.05) is 26.2 Å². The van der Waals surface area contributed by atoms with Crippen molar-refractivity contribution in [2.24, 2.45) is 0 Å². The van der Waals surface area contributed by atoms with Crippen molar-refractivity contribution in [1.29, 1.82) is 0 Å². The number of anilines is 1. The number of nitrogens with zero attached hydrogens (tertiary/aromatic N) is 3. The van der Waals surface area contributed by atoms with Crippen LogP contribution in [-0.2, 0) is 4.74 Å². The molecule has 1 saturated heterocycles. The van der Waals surface area contributed by atoms with E-state index < -0.39 is 0 Å². The zero-order chi connectivity index (χ0) is 20.4. The third-order valence-electron chi connectivity index (χ3n) is 4.92. The number of methoxy groups -OCH3 is 1. The van der Waals surface area contributed by atoms with Crippen molar-refractivity contribution < 1.29 is 14.3 Å². The summed E-state index contributed by atoms with van der Waals surface area (Å²) in [5.41, 5.74) is 1.94. The van der Waals surface area contributed by atoms with Gasteiger partial charge in [-0.25, -0.2) is 4.98 Å². The summed E-state index contributed by atoms with van der Waals surface area (Å²) in [7, 11) is 1.65. The molecule has 1 fully saturated rings. The minimum Gasteiger partial charge on any atom is -0.494 e. The summed E-state index contributed by atoms with van der Waals surface area (Å²) >= 11 is 6.44. The highest BCUT2D eigenvalue weighted by molar-refractivity contribution is 9.11. The Morgan fingerprint density at radius 1 is 1.28 bits per heavy atom. The molecule has 0 spiro atoms. The van der Waals surface area contributed by atoms with Crippen LogP contribution in [0, 0.1) is 6.92 Å². The molecule has 29 heavy (non-hydrogen) atoms. The van der Waals surface area contributed by atoms with Gasteiger partial charge in [-0.15, -0.1) is 11.3 Å². The Hall–Kier alpha value is -1.52. The highest BCUT2D eigenvalue weighted by Crippen LogP contribution is 2.37. The van der Waals surface area contributed by atoms with Crippen LogP contribution in [0.5, 0.6) is 5.75 Å². The first-order chi connectivity index (χ1) is 14.1. The highest BCUT2D eigenvalue weighted by Gasteiger charge is 2.25. The Balaban J connectivity index is 1.68. The Labute approximate surface area is 186 Å². The molecule has 3 heterocycles. The molecule has 1 aliphatic heterocycles. The summed E-state index contributed by atoms with van der Waals surface area (Å²) in [5.74, 6) is 0.706. The molecule has 0 aliphatic carbocycles. The van der Waals surface area contributed by atoms with Gasteiger partial charge in [0.15, 0.2) is 5.13 Å². The number of morpholine rings is 1. The number of amides is 1. The van der Waals surface area contributed by atoms with E-state index in [1.54, 1.807) is 23.3 Å². The summed E-state index contributed by atoms with van der Waals surface area (Å²) in [6, 6.07) is 7.72. The van der Waals surface area contributed by atoms with Gasteiger partial charge >= 0.3 is 0 Å². The first-order valence-corrected chi connectivity index (χ1v) is 11.8. The van der Waals surface area contributed by atoms with Crippen LogP contribution in [0.2, 0.25) is 0 Å². The lowest BCUT2D eigenvalue weighted by Crippen LogP contribution is -2.43. The van der Waals surface area contributed by atoms with Crippen LogP contribution >= 0.6 is 38.6 Å². The summed E-state index contributed by atoms with van der Waals surface area (Å²) in [5, 5.41) is 0.704. The van der Waals surface area contributed by atoms with E-state index in [2.05, 4.69) is 27.8 Å². The van der Waals surface area contributed by atoms with Gasteiger partial charge < -0.3 is 9.47 Å². The number of ether oxygens (including phenoxy) is 2. The van der Waals surface area contributed by atoms with Crippen molar-refractivity contribution in [2.75, 3.05) is 51.4 Å². The molecule has 0 radical (unpaired) electrons. The second kappa shape index (κ2) is 9.09. The van der Waals surface area contributed by atoms with Crippen LogP contribution in [0.3, 0.4) is 0 Å². The molecule has 154 valence electrons.